The van der Waals surface area contributed by atoms with Crippen LogP contribution in [0.3, 0.4) is 0 Å². The molecule has 0 radical (unpaired) electrons. The van der Waals surface area contributed by atoms with E-state index in [0.29, 0.717) is 18.0 Å². The number of amides is 2. The van der Waals surface area contributed by atoms with E-state index in [1.165, 1.54) is 12.1 Å². The molecule has 1 heterocycles. The maximum absolute atomic E-state index is 13.8. The topological polar surface area (TPSA) is 46.6 Å². The Morgan fingerprint density at radius 2 is 1.83 bits per heavy atom. The zero-order valence-corrected chi connectivity index (χ0v) is 13.7. The molecule has 0 atom stereocenters. The lowest BCUT2D eigenvalue weighted by atomic mass is 10.2. The number of thioether (sulfide) groups is 1. The van der Waals surface area contributed by atoms with E-state index in [0.717, 1.165) is 16.7 Å². The Morgan fingerprint density at radius 1 is 1.12 bits per heavy atom. The van der Waals surface area contributed by atoms with E-state index in [9.17, 15) is 14.0 Å². The van der Waals surface area contributed by atoms with Gasteiger partial charge in [0.1, 0.15) is 11.6 Å². The number of para-hydroxylation sites is 2. The van der Waals surface area contributed by atoms with Crippen LogP contribution in [0.5, 0.6) is 5.75 Å². The molecule has 0 saturated carbocycles. The van der Waals surface area contributed by atoms with Crippen LogP contribution in [0.4, 0.5) is 14.9 Å². The molecule has 122 valence electrons. The van der Waals surface area contributed by atoms with Gasteiger partial charge in [-0.05, 0) is 43.0 Å². The highest BCUT2D eigenvalue weighted by Crippen LogP contribution is 2.39. The van der Waals surface area contributed by atoms with Crippen molar-refractivity contribution in [2.75, 3.05) is 11.5 Å². The van der Waals surface area contributed by atoms with Gasteiger partial charge in [0.25, 0.3) is 11.1 Å². The van der Waals surface area contributed by atoms with E-state index in [2.05, 4.69) is 0 Å². The molecular weight excluding hydrogens is 329 g/mol. The molecular formula is C18H14FNO3S. The van der Waals surface area contributed by atoms with Gasteiger partial charge in [0.05, 0.1) is 17.2 Å². The fourth-order valence-electron chi connectivity index (χ4n) is 2.33. The second-order valence-electron chi connectivity index (χ2n) is 4.94. The molecule has 2 amide bonds. The van der Waals surface area contributed by atoms with E-state index in [1.807, 2.05) is 6.92 Å². The van der Waals surface area contributed by atoms with Gasteiger partial charge in [-0.15, -0.1) is 0 Å². The minimum absolute atomic E-state index is 0.177. The summed E-state index contributed by atoms with van der Waals surface area (Å²) >= 11 is 0.783. The van der Waals surface area contributed by atoms with Crippen LogP contribution in [0.2, 0.25) is 0 Å². The molecule has 2 aromatic rings. The van der Waals surface area contributed by atoms with Crippen molar-refractivity contribution in [1.29, 1.82) is 0 Å². The first-order valence-corrected chi connectivity index (χ1v) is 8.17. The van der Waals surface area contributed by atoms with Crippen LogP contribution in [0.15, 0.2) is 53.4 Å². The molecule has 2 aromatic carbocycles. The Balaban J connectivity index is 1.97. The van der Waals surface area contributed by atoms with Crippen LogP contribution in [0, 0.1) is 5.82 Å². The van der Waals surface area contributed by atoms with Crippen molar-refractivity contribution in [3.05, 3.63) is 64.8 Å². The lowest BCUT2D eigenvalue weighted by molar-refractivity contribution is -0.113. The quantitative estimate of drug-likeness (QED) is 0.769. The molecule has 1 aliphatic heterocycles. The van der Waals surface area contributed by atoms with Gasteiger partial charge >= 0.3 is 0 Å². The van der Waals surface area contributed by atoms with Gasteiger partial charge in [-0.2, -0.15) is 0 Å². The van der Waals surface area contributed by atoms with E-state index < -0.39 is 17.0 Å². The third-order valence-corrected chi connectivity index (χ3v) is 4.26. The maximum Gasteiger partial charge on any atom is 0.298 e. The number of benzene rings is 2. The first kappa shape index (κ1) is 16.3. The van der Waals surface area contributed by atoms with Crippen LogP contribution < -0.4 is 9.64 Å². The van der Waals surface area contributed by atoms with E-state index in [4.69, 9.17) is 4.74 Å². The van der Waals surface area contributed by atoms with Crippen molar-refractivity contribution in [2.45, 2.75) is 6.92 Å². The normalized spacial score (nSPS) is 16.1. The van der Waals surface area contributed by atoms with Gasteiger partial charge in [-0.25, -0.2) is 9.29 Å². The fraction of sp³-hybridized carbons (Fsp3) is 0.111. The molecule has 0 aliphatic carbocycles. The third-order valence-electron chi connectivity index (χ3n) is 3.39. The predicted octanol–water partition coefficient (Wildman–Crippen LogP) is 4.47. The molecule has 0 N–H and O–H groups in total. The van der Waals surface area contributed by atoms with Crippen molar-refractivity contribution in [3.63, 3.8) is 0 Å². The highest BCUT2D eigenvalue weighted by molar-refractivity contribution is 8.19. The summed E-state index contributed by atoms with van der Waals surface area (Å²) in [4.78, 5) is 26.2. The highest BCUT2D eigenvalue weighted by Gasteiger charge is 2.37. The van der Waals surface area contributed by atoms with Crippen LogP contribution in [-0.2, 0) is 4.79 Å². The summed E-state index contributed by atoms with van der Waals surface area (Å²) in [7, 11) is 0. The molecule has 24 heavy (non-hydrogen) atoms. The number of carbonyl (C=O) groups excluding carboxylic acids is 2. The number of imide groups is 1. The molecule has 0 aromatic heterocycles. The SMILES string of the molecule is CCOc1ccccc1N1C(=O)S/C(=C\c2ccccc2F)C1=O. The second-order valence-corrected chi connectivity index (χ2v) is 5.93. The summed E-state index contributed by atoms with van der Waals surface area (Å²) in [6.45, 7) is 2.24. The maximum atomic E-state index is 13.8. The first-order chi connectivity index (χ1) is 11.6. The van der Waals surface area contributed by atoms with Crippen molar-refractivity contribution < 1.29 is 18.7 Å². The zero-order valence-electron chi connectivity index (χ0n) is 12.9. The van der Waals surface area contributed by atoms with Crippen LogP contribution in [-0.4, -0.2) is 17.8 Å². The molecule has 0 spiro atoms. The monoisotopic (exact) mass is 343 g/mol. The Bertz CT molecular complexity index is 835. The standard InChI is InChI=1S/C18H14FNO3S/c1-2-23-15-10-6-5-9-14(15)20-17(21)16(24-18(20)22)11-12-7-3-4-8-13(12)19/h3-11H,2H2,1H3/b16-11-. The summed E-state index contributed by atoms with van der Waals surface area (Å²) in [6.07, 6.45) is 1.39. The lowest BCUT2D eigenvalue weighted by Crippen LogP contribution is -2.28. The molecule has 1 aliphatic rings. The van der Waals surface area contributed by atoms with Gasteiger partial charge in [-0.1, -0.05) is 30.3 Å². The minimum atomic E-state index is -0.486. The number of ether oxygens (including phenoxy) is 1. The number of rotatable bonds is 4. The lowest BCUT2D eigenvalue weighted by Gasteiger charge is -2.16. The van der Waals surface area contributed by atoms with Gasteiger partial charge in [0, 0.05) is 5.56 Å². The van der Waals surface area contributed by atoms with Gasteiger partial charge < -0.3 is 4.74 Å². The van der Waals surface area contributed by atoms with Crippen molar-refractivity contribution in [2.24, 2.45) is 0 Å². The largest absolute Gasteiger partial charge is 0.492 e. The van der Waals surface area contributed by atoms with Gasteiger partial charge in [-0.3, -0.25) is 9.59 Å². The summed E-state index contributed by atoms with van der Waals surface area (Å²) in [5, 5.41) is -0.435. The second kappa shape index (κ2) is 6.88. The number of hydrogen-bond acceptors (Lipinski definition) is 4. The van der Waals surface area contributed by atoms with E-state index >= 15 is 0 Å². The number of anilines is 1. The number of carbonyl (C=O) groups is 2. The summed E-state index contributed by atoms with van der Waals surface area (Å²) in [6, 6.07) is 12.9. The molecule has 1 fully saturated rings. The van der Waals surface area contributed by atoms with Crippen LogP contribution in [0.1, 0.15) is 12.5 Å². The number of hydrogen-bond donors (Lipinski definition) is 0. The van der Waals surface area contributed by atoms with Crippen LogP contribution >= 0.6 is 11.8 Å². The summed E-state index contributed by atoms with van der Waals surface area (Å²) in [5.41, 5.74) is 0.653. The number of nitrogens with zero attached hydrogens (tertiary/aromatic N) is 1. The number of halogens is 1. The molecule has 4 nitrogen and oxygen atoms in total. The Labute approximate surface area is 142 Å². The fourth-order valence-corrected chi connectivity index (χ4v) is 3.15. The Morgan fingerprint density at radius 3 is 2.58 bits per heavy atom. The van der Waals surface area contributed by atoms with E-state index in [-0.39, 0.29) is 10.5 Å². The summed E-state index contributed by atoms with van der Waals surface area (Å²) in [5.74, 6) is -0.478. The first-order valence-electron chi connectivity index (χ1n) is 7.36. The molecule has 3 rings (SSSR count). The van der Waals surface area contributed by atoms with Gasteiger partial charge in [0.2, 0.25) is 0 Å². The Kier molecular flexibility index (Phi) is 4.66. The molecule has 1 saturated heterocycles. The van der Waals surface area contributed by atoms with Crippen molar-refractivity contribution >= 4 is 34.7 Å². The van der Waals surface area contributed by atoms with Crippen molar-refractivity contribution in [1.82, 2.24) is 0 Å². The average Bonchev–Trinajstić information content (AvgIpc) is 2.85. The van der Waals surface area contributed by atoms with Crippen LogP contribution in [0.25, 0.3) is 6.08 Å². The van der Waals surface area contributed by atoms with Gasteiger partial charge in [0.15, 0.2) is 0 Å². The smallest absolute Gasteiger partial charge is 0.298 e. The Hall–Kier alpha value is -2.60. The predicted molar refractivity (Wildman–Crippen MR) is 92.5 cm³/mol. The average molecular weight is 343 g/mol. The molecule has 6 heteroatoms. The molecule has 0 unspecified atom stereocenters. The highest BCUT2D eigenvalue weighted by atomic mass is 32.2. The third kappa shape index (κ3) is 3.05. The van der Waals surface area contributed by atoms with Crippen molar-refractivity contribution in [3.8, 4) is 5.75 Å². The van der Waals surface area contributed by atoms with E-state index in [1.54, 1.807) is 42.5 Å². The summed E-state index contributed by atoms with van der Waals surface area (Å²) < 4.78 is 19.3. The minimum Gasteiger partial charge on any atom is -0.492 e. The molecule has 0 bridgehead atoms. The zero-order chi connectivity index (χ0) is 17.1.